The Morgan fingerprint density at radius 2 is 2.14 bits per heavy atom. The number of hydrogen-bond donors (Lipinski definition) is 2. The molecular formula is C10H21NO3. The molecule has 0 aliphatic carbocycles. The van der Waals surface area contributed by atoms with Gasteiger partial charge in [-0.05, 0) is 39.7 Å². The number of ether oxygens (including phenoxy) is 1. The Bertz CT molecular complexity index is 150. The summed E-state index contributed by atoms with van der Waals surface area (Å²) in [7, 11) is 0. The van der Waals surface area contributed by atoms with E-state index in [9.17, 15) is 4.79 Å². The topological polar surface area (TPSA) is 58.6 Å². The van der Waals surface area contributed by atoms with E-state index in [4.69, 9.17) is 9.84 Å². The smallest absolute Gasteiger partial charge is 0.322 e. The molecule has 0 saturated carbocycles. The first-order valence-corrected chi connectivity index (χ1v) is 5.23. The molecule has 0 heterocycles. The summed E-state index contributed by atoms with van der Waals surface area (Å²) in [6.07, 6.45) is 2.79. The van der Waals surface area contributed by atoms with Crippen LogP contribution in [0.5, 0.6) is 0 Å². The van der Waals surface area contributed by atoms with Gasteiger partial charge in [0, 0.05) is 6.61 Å². The van der Waals surface area contributed by atoms with Crippen LogP contribution in [-0.2, 0) is 9.53 Å². The third-order valence-corrected chi connectivity index (χ3v) is 1.93. The summed E-state index contributed by atoms with van der Waals surface area (Å²) in [5.41, 5.74) is 0. The van der Waals surface area contributed by atoms with E-state index in [1.165, 1.54) is 0 Å². The Labute approximate surface area is 85.6 Å². The van der Waals surface area contributed by atoms with Gasteiger partial charge in [-0.1, -0.05) is 0 Å². The highest BCUT2D eigenvalue weighted by molar-refractivity contribution is 5.75. The van der Waals surface area contributed by atoms with E-state index in [-0.39, 0.29) is 18.6 Å². The Balaban J connectivity index is 3.34. The summed E-state index contributed by atoms with van der Waals surface area (Å²) in [4.78, 5) is 11.1. The molecule has 0 aliphatic rings. The molecule has 0 rings (SSSR count). The lowest BCUT2D eigenvalue weighted by atomic mass is 10.2. The predicted octanol–water partition coefficient (Wildman–Crippen LogP) is 0.690. The molecule has 4 heteroatoms. The van der Waals surface area contributed by atoms with E-state index in [1.807, 2.05) is 0 Å². The summed E-state index contributed by atoms with van der Waals surface area (Å²) < 4.78 is 4.84. The fourth-order valence-corrected chi connectivity index (χ4v) is 1.08. The van der Waals surface area contributed by atoms with Crippen molar-refractivity contribution >= 4 is 5.97 Å². The molecule has 0 aromatic rings. The Morgan fingerprint density at radius 3 is 2.71 bits per heavy atom. The normalized spacial score (nSPS) is 12.5. The van der Waals surface area contributed by atoms with Gasteiger partial charge in [0.2, 0.25) is 0 Å². The number of esters is 1. The second-order valence-electron chi connectivity index (χ2n) is 3.21. The number of rotatable bonds is 8. The molecule has 1 unspecified atom stereocenters. The Hall–Kier alpha value is -0.610. The van der Waals surface area contributed by atoms with Gasteiger partial charge in [-0.2, -0.15) is 0 Å². The van der Waals surface area contributed by atoms with Crippen LogP contribution in [0.4, 0.5) is 0 Å². The second kappa shape index (κ2) is 8.97. The molecule has 0 fully saturated rings. The van der Waals surface area contributed by atoms with Crippen molar-refractivity contribution in [3.05, 3.63) is 0 Å². The van der Waals surface area contributed by atoms with Crippen molar-refractivity contribution in [2.75, 3.05) is 19.8 Å². The van der Waals surface area contributed by atoms with Crippen LogP contribution in [0.25, 0.3) is 0 Å². The van der Waals surface area contributed by atoms with Gasteiger partial charge in [0.25, 0.3) is 0 Å². The second-order valence-corrected chi connectivity index (χ2v) is 3.21. The number of carbonyl (C=O) groups is 1. The van der Waals surface area contributed by atoms with Crippen molar-refractivity contribution in [3.63, 3.8) is 0 Å². The quantitative estimate of drug-likeness (QED) is 0.450. The molecule has 84 valence electrons. The fourth-order valence-electron chi connectivity index (χ4n) is 1.08. The standard InChI is InChI=1S/C10H21NO3/c1-3-14-10(13)9(2)11-7-5-4-6-8-12/h9,11-12H,3-8H2,1-2H3. The molecule has 0 saturated heterocycles. The number of nitrogens with one attached hydrogen (secondary N) is 1. The van der Waals surface area contributed by atoms with Crippen molar-refractivity contribution in [1.29, 1.82) is 0 Å². The van der Waals surface area contributed by atoms with E-state index in [0.717, 1.165) is 25.8 Å². The molecule has 0 radical (unpaired) electrons. The first-order chi connectivity index (χ1) is 6.72. The van der Waals surface area contributed by atoms with Crippen molar-refractivity contribution in [2.45, 2.75) is 39.2 Å². The molecule has 0 spiro atoms. The van der Waals surface area contributed by atoms with Gasteiger partial charge < -0.3 is 15.2 Å². The maximum absolute atomic E-state index is 11.1. The minimum absolute atomic E-state index is 0.199. The fraction of sp³-hybridized carbons (Fsp3) is 0.900. The highest BCUT2D eigenvalue weighted by atomic mass is 16.5. The van der Waals surface area contributed by atoms with Crippen molar-refractivity contribution < 1.29 is 14.6 Å². The van der Waals surface area contributed by atoms with Gasteiger partial charge in [0.15, 0.2) is 0 Å². The highest BCUT2D eigenvalue weighted by Gasteiger charge is 2.11. The SMILES string of the molecule is CCOC(=O)C(C)NCCCCCO. The van der Waals surface area contributed by atoms with Crippen LogP contribution >= 0.6 is 0 Å². The molecule has 0 aromatic heterocycles. The maximum atomic E-state index is 11.1. The third kappa shape index (κ3) is 6.86. The van der Waals surface area contributed by atoms with Gasteiger partial charge in [-0.3, -0.25) is 4.79 Å². The summed E-state index contributed by atoms with van der Waals surface area (Å²) in [5.74, 6) is -0.199. The summed E-state index contributed by atoms with van der Waals surface area (Å²) >= 11 is 0. The van der Waals surface area contributed by atoms with E-state index < -0.39 is 0 Å². The number of hydrogen-bond acceptors (Lipinski definition) is 4. The molecule has 0 amide bonds. The molecule has 0 bridgehead atoms. The predicted molar refractivity (Wildman–Crippen MR) is 55.0 cm³/mol. The minimum atomic E-state index is -0.232. The van der Waals surface area contributed by atoms with Crippen LogP contribution in [0.1, 0.15) is 33.1 Å². The molecular weight excluding hydrogens is 182 g/mol. The molecule has 1 atom stereocenters. The van der Waals surface area contributed by atoms with Crippen LogP contribution in [0.3, 0.4) is 0 Å². The monoisotopic (exact) mass is 203 g/mol. The van der Waals surface area contributed by atoms with E-state index in [0.29, 0.717) is 6.61 Å². The van der Waals surface area contributed by atoms with Gasteiger partial charge in [-0.25, -0.2) is 0 Å². The molecule has 0 aromatic carbocycles. The Morgan fingerprint density at radius 1 is 1.43 bits per heavy atom. The number of aliphatic hydroxyl groups excluding tert-OH is 1. The van der Waals surface area contributed by atoms with Crippen LogP contribution in [-0.4, -0.2) is 36.9 Å². The zero-order valence-corrected chi connectivity index (χ0v) is 9.08. The van der Waals surface area contributed by atoms with Crippen molar-refractivity contribution in [3.8, 4) is 0 Å². The summed E-state index contributed by atoms with van der Waals surface area (Å²) in [6, 6.07) is -0.232. The number of aliphatic hydroxyl groups is 1. The van der Waals surface area contributed by atoms with Crippen molar-refractivity contribution in [2.24, 2.45) is 0 Å². The van der Waals surface area contributed by atoms with E-state index >= 15 is 0 Å². The zero-order valence-electron chi connectivity index (χ0n) is 9.08. The van der Waals surface area contributed by atoms with Crippen LogP contribution in [0.15, 0.2) is 0 Å². The minimum Gasteiger partial charge on any atom is -0.465 e. The highest BCUT2D eigenvalue weighted by Crippen LogP contribution is 1.94. The summed E-state index contributed by atoms with van der Waals surface area (Å²) in [5, 5.41) is 11.6. The summed E-state index contributed by atoms with van der Waals surface area (Å²) in [6.45, 7) is 5.05. The van der Waals surface area contributed by atoms with Gasteiger partial charge in [-0.15, -0.1) is 0 Å². The zero-order chi connectivity index (χ0) is 10.8. The van der Waals surface area contributed by atoms with Crippen LogP contribution < -0.4 is 5.32 Å². The number of unbranched alkanes of at least 4 members (excludes halogenated alkanes) is 2. The van der Waals surface area contributed by atoms with Crippen LogP contribution in [0.2, 0.25) is 0 Å². The molecule has 4 nitrogen and oxygen atoms in total. The van der Waals surface area contributed by atoms with Gasteiger partial charge in [0.05, 0.1) is 6.61 Å². The molecule has 2 N–H and O–H groups in total. The average molecular weight is 203 g/mol. The average Bonchev–Trinajstić information content (AvgIpc) is 2.17. The van der Waals surface area contributed by atoms with Gasteiger partial charge in [0.1, 0.15) is 6.04 Å². The molecule has 14 heavy (non-hydrogen) atoms. The van der Waals surface area contributed by atoms with Gasteiger partial charge >= 0.3 is 5.97 Å². The lowest BCUT2D eigenvalue weighted by molar-refractivity contribution is -0.145. The first kappa shape index (κ1) is 13.4. The maximum Gasteiger partial charge on any atom is 0.322 e. The van der Waals surface area contributed by atoms with E-state index in [2.05, 4.69) is 5.32 Å². The van der Waals surface area contributed by atoms with Crippen molar-refractivity contribution in [1.82, 2.24) is 5.32 Å². The van der Waals surface area contributed by atoms with E-state index in [1.54, 1.807) is 13.8 Å². The lowest BCUT2D eigenvalue weighted by Gasteiger charge is -2.11. The number of carbonyl (C=O) groups excluding carboxylic acids is 1. The Kier molecular flexibility index (Phi) is 8.57. The largest absolute Gasteiger partial charge is 0.465 e. The third-order valence-electron chi connectivity index (χ3n) is 1.93. The first-order valence-electron chi connectivity index (χ1n) is 5.23. The lowest BCUT2D eigenvalue weighted by Crippen LogP contribution is -2.35. The van der Waals surface area contributed by atoms with Crippen LogP contribution in [0, 0.1) is 0 Å². The molecule has 0 aliphatic heterocycles.